The minimum absolute atomic E-state index is 0.0655. The van der Waals surface area contributed by atoms with Gasteiger partial charge < -0.3 is 15.7 Å². The third kappa shape index (κ3) is 3.67. The molecule has 0 unspecified atom stereocenters. The lowest BCUT2D eigenvalue weighted by molar-refractivity contribution is 0.0951. The van der Waals surface area contributed by atoms with Crippen LogP contribution in [-0.2, 0) is 0 Å². The average molecular weight is 322 g/mol. The highest BCUT2D eigenvalue weighted by Crippen LogP contribution is 2.22. The highest BCUT2D eigenvalue weighted by atomic mass is 16.3. The highest BCUT2D eigenvalue weighted by molar-refractivity contribution is 5.95. The number of aliphatic hydroxyl groups is 1. The predicted molar refractivity (Wildman–Crippen MR) is 93.3 cm³/mol. The minimum atomic E-state index is -0.150. The van der Waals surface area contributed by atoms with Crippen LogP contribution < -0.4 is 10.6 Å². The van der Waals surface area contributed by atoms with Crippen molar-refractivity contribution in [3.8, 4) is 0 Å². The fourth-order valence-corrected chi connectivity index (χ4v) is 2.33. The zero-order valence-corrected chi connectivity index (χ0v) is 13.1. The predicted octanol–water partition coefficient (Wildman–Crippen LogP) is 2.49. The van der Waals surface area contributed by atoms with E-state index in [9.17, 15) is 4.79 Å². The largest absolute Gasteiger partial charge is 0.396 e. The lowest BCUT2D eigenvalue weighted by atomic mass is 10.2. The van der Waals surface area contributed by atoms with E-state index in [4.69, 9.17) is 5.11 Å². The second-order valence-corrected chi connectivity index (χ2v) is 5.27. The van der Waals surface area contributed by atoms with Crippen LogP contribution in [0, 0.1) is 0 Å². The summed E-state index contributed by atoms with van der Waals surface area (Å²) >= 11 is 0. The summed E-state index contributed by atoms with van der Waals surface area (Å²) in [6.45, 7) is 0.526. The van der Waals surface area contributed by atoms with Gasteiger partial charge in [0, 0.05) is 29.8 Å². The van der Waals surface area contributed by atoms with E-state index in [1.165, 1.54) is 6.33 Å². The zero-order chi connectivity index (χ0) is 16.8. The molecule has 3 rings (SSSR count). The van der Waals surface area contributed by atoms with Crippen LogP contribution in [0.3, 0.4) is 0 Å². The van der Waals surface area contributed by atoms with Gasteiger partial charge in [-0.3, -0.25) is 4.79 Å². The van der Waals surface area contributed by atoms with Crippen molar-refractivity contribution in [2.24, 2.45) is 0 Å². The first-order valence-electron chi connectivity index (χ1n) is 7.74. The van der Waals surface area contributed by atoms with Crippen LogP contribution in [0.1, 0.15) is 16.8 Å². The summed E-state index contributed by atoms with van der Waals surface area (Å²) in [5.41, 5.74) is 2.28. The molecule has 122 valence electrons. The molecule has 0 radical (unpaired) electrons. The first-order chi connectivity index (χ1) is 11.8. The molecule has 1 amide bonds. The van der Waals surface area contributed by atoms with E-state index < -0.39 is 0 Å². The number of nitrogens with one attached hydrogen (secondary N) is 2. The van der Waals surface area contributed by atoms with Gasteiger partial charge in [0.2, 0.25) is 0 Å². The van der Waals surface area contributed by atoms with Gasteiger partial charge in [-0.05, 0) is 42.8 Å². The number of aromatic nitrogens is 2. The zero-order valence-electron chi connectivity index (χ0n) is 13.1. The molecule has 0 aliphatic heterocycles. The van der Waals surface area contributed by atoms with E-state index in [-0.39, 0.29) is 12.5 Å². The van der Waals surface area contributed by atoms with Crippen LogP contribution in [0.4, 0.5) is 11.5 Å². The molecule has 0 fully saturated rings. The van der Waals surface area contributed by atoms with Crippen molar-refractivity contribution in [2.45, 2.75) is 6.42 Å². The minimum Gasteiger partial charge on any atom is -0.396 e. The van der Waals surface area contributed by atoms with Crippen LogP contribution in [0.5, 0.6) is 0 Å². The fourth-order valence-electron chi connectivity index (χ4n) is 2.33. The summed E-state index contributed by atoms with van der Waals surface area (Å²) in [5, 5.41) is 15.7. The Morgan fingerprint density at radius 3 is 2.62 bits per heavy atom. The molecular weight excluding hydrogens is 304 g/mol. The molecule has 2 aromatic carbocycles. The smallest absolute Gasteiger partial charge is 0.251 e. The number of aliphatic hydroxyl groups excluding tert-OH is 1. The van der Waals surface area contributed by atoms with Crippen molar-refractivity contribution in [3.63, 3.8) is 0 Å². The summed E-state index contributed by atoms with van der Waals surface area (Å²) in [7, 11) is 0. The highest BCUT2D eigenvalue weighted by Gasteiger charge is 2.06. The number of carbonyl (C=O) groups is 1. The standard InChI is InChI=1S/C18H18N4O2/c23-11-3-10-19-18(24)13-6-8-14(9-7-13)22-17-15-4-1-2-5-16(15)20-12-21-17/h1-2,4-9,12,23H,3,10-11H2,(H,19,24)(H,20,21,22). The molecule has 0 atom stereocenters. The molecule has 0 bridgehead atoms. The monoisotopic (exact) mass is 322 g/mol. The number of hydrogen-bond donors (Lipinski definition) is 3. The van der Waals surface area contributed by atoms with Crippen LogP contribution in [0.15, 0.2) is 54.9 Å². The van der Waals surface area contributed by atoms with Gasteiger partial charge in [-0.2, -0.15) is 0 Å². The summed E-state index contributed by atoms with van der Waals surface area (Å²) in [4.78, 5) is 20.4. The van der Waals surface area contributed by atoms with Gasteiger partial charge >= 0.3 is 0 Å². The lowest BCUT2D eigenvalue weighted by Crippen LogP contribution is -2.24. The summed E-state index contributed by atoms with van der Waals surface area (Å²) in [5.74, 6) is 0.572. The van der Waals surface area contributed by atoms with Gasteiger partial charge in [-0.25, -0.2) is 9.97 Å². The number of para-hydroxylation sites is 1. The number of carbonyl (C=O) groups excluding carboxylic acids is 1. The molecule has 24 heavy (non-hydrogen) atoms. The number of amides is 1. The Morgan fingerprint density at radius 2 is 1.83 bits per heavy atom. The Morgan fingerprint density at radius 1 is 1.04 bits per heavy atom. The van der Waals surface area contributed by atoms with Crippen molar-refractivity contribution in [1.29, 1.82) is 0 Å². The van der Waals surface area contributed by atoms with Crippen molar-refractivity contribution >= 4 is 28.3 Å². The summed E-state index contributed by atoms with van der Waals surface area (Å²) in [6.07, 6.45) is 2.07. The lowest BCUT2D eigenvalue weighted by Gasteiger charge is -2.09. The van der Waals surface area contributed by atoms with Gasteiger partial charge in [0.25, 0.3) is 5.91 Å². The van der Waals surface area contributed by atoms with Crippen molar-refractivity contribution in [2.75, 3.05) is 18.5 Å². The molecular formula is C18H18N4O2. The van der Waals surface area contributed by atoms with E-state index in [0.717, 1.165) is 22.4 Å². The summed E-state index contributed by atoms with van der Waals surface area (Å²) in [6, 6.07) is 14.9. The van der Waals surface area contributed by atoms with Gasteiger partial charge in [0.15, 0.2) is 0 Å². The van der Waals surface area contributed by atoms with Gasteiger partial charge in [-0.15, -0.1) is 0 Å². The van der Waals surface area contributed by atoms with Crippen molar-refractivity contribution in [1.82, 2.24) is 15.3 Å². The maximum atomic E-state index is 11.9. The Balaban J connectivity index is 1.73. The second-order valence-electron chi connectivity index (χ2n) is 5.27. The van der Waals surface area contributed by atoms with E-state index in [1.807, 2.05) is 36.4 Å². The topological polar surface area (TPSA) is 87.1 Å². The van der Waals surface area contributed by atoms with Crippen molar-refractivity contribution in [3.05, 3.63) is 60.4 Å². The number of fused-ring (bicyclic) bond motifs is 1. The number of nitrogens with zero attached hydrogens (tertiary/aromatic N) is 2. The number of hydrogen-bond acceptors (Lipinski definition) is 5. The molecule has 0 saturated heterocycles. The van der Waals surface area contributed by atoms with Gasteiger partial charge in [0.1, 0.15) is 12.1 Å². The quantitative estimate of drug-likeness (QED) is 0.607. The molecule has 0 aliphatic carbocycles. The average Bonchev–Trinajstić information content (AvgIpc) is 2.63. The van der Waals surface area contributed by atoms with E-state index in [1.54, 1.807) is 12.1 Å². The summed E-state index contributed by atoms with van der Waals surface area (Å²) < 4.78 is 0. The third-order valence-electron chi connectivity index (χ3n) is 3.57. The third-order valence-corrected chi connectivity index (χ3v) is 3.57. The Labute approximate surface area is 139 Å². The SMILES string of the molecule is O=C(NCCCO)c1ccc(Nc2ncnc3ccccc23)cc1. The van der Waals surface area contributed by atoms with Crippen molar-refractivity contribution < 1.29 is 9.90 Å². The number of rotatable bonds is 6. The molecule has 0 spiro atoms. The Kier molecular flexibility index (Phi) is 4.98. The molecule has 3 N–H and O–H groups in total. The molecule has 0 saturated carbocycles. The van der Waals surface area contributed by atoms with Gasteiger partial charge in [-0.1, -0.05) is 12.1 Å². The Bertz CT molecular complexity index is 829. The van der Waals surface area contributed by atoms with Crippen LogP contribution in [0.25, 0.3) is 10.9 Å². The first-order valence-corrected chi connectivity index (χ1v) is 7.74. The van der Waals surface area contributed by atoms with Gasteiger partial charge in [0.05, 0.1) is 5.52 Å². The molecule has 6 heteroatoms. The second kappa shape index (κ2) is 7.52. The Hall–Kier alpha value is -2.99. The number of benzene rings is 2. The van der Waals surface area contributed by atoms with Crippen LogP contribution in [-0.4, -0.2) is 34.1 Å². The normalized spacial score (nSPS) is 10.5. The molecule has 6 nitrogen and oxygen atoms in total. The number of anilines is 2. The van der Waals surface area contributed by atoms with Crippen LogP contribution in [0.2, 0.25) is 0 Å². The van der Waals surface area contributed by atoms with E-state index in [2.05, 4.69) is 20.6 Å². The molecule has 3 aromatic rings. The maximum absolute atomic E-state index is 11.9. The fraction of sp³-hybridized carbons (Fsp3) is 0.167. The first kappa shape index (κ1) is 15.9. The van der Waals surface area contributed by atoms with E-state index in [0.29, 0.717) is 18.5 Å². The molecule has 1 heterocycles. The van der Waals surface area contributed by atoms with E-state index >= 15 is 0 Å². The van der Waals surface area contributed by atoms with Crippen LogP contribution >= 0.6 is 0 Å². The molecule has 0 aliphatic rings. The molecule has 1 aromatic heterocycles. The maximum Gasteiger partial charge on any atom is 0.251 e.